The van der Waals surface area contributed by atoms with Gasteiger partial charge in [-0.1, -0.05) is 37.6 Å². The van der Waals surface area contributed by atoms with Crippen molar-refractivity contribution in [2.45, 2.75) is 49.4 Å². The summed E-state index contributed by atoms with van der Waals surface area (Å²) < 4.78 is 16.3. The molecule has 0 aliphatic heterocycles. The quantitative estimate of drug-likeness (QED) is 0.0484. The van der Waals surface area contributed by atoms with Gasteiger partial charge in [0.15, 0.2) is 11.2 Å². The molecule has 2 aromatic carbocycles. The van der Waals surface area contributed by atoms with E-state index >= 15 is 0 Å². The van der Waals surface area contributed by atoms with Crippen LogP contribution in [0.25, 0.3) is 11.0 Å². The minimum absolute atomic E-state index is 0.0134. The number of phenols is 1. The van der Waals surface area contributed by atoms with Crippen LogP contribution in [0, 0.1) is 0 Å². The number of esters is 1. The monoisotopic (exact) mass is 634 g/mol. The Labute approximate surface area is 263 Å². The Morgan fingerprint density at radius 3 is 2.66 bits per heavy atom. The fourth-order valence-electron chi connectivity index (χ4n) is 4.52. The largest absolute Gasteiger partial charge is 0.507 e. The molecule has 2 N–H and O–H groups in total. The number of benzene rings is 2. The van der Waals surface area contributed by atoms with E-state index in [-0.39, 0.29) is 33.6 Å². The van der Waals surface area contributed by atoms with Gasteiger partial charge in [-0.3, -0.25) is 9.59 Å². The number of hydrogen-bond acceptors (Lipinski definition) is 10. The van der Waals surface area contributed by atoms with E-state index in [2.05, 4.69) is 4.74 Å². The number of hydrogen-bond donors (Lipinski definition) is 2. The number of allylic oxidation sites excluding steroid dienone is 2. The van der Waals surface area contributed by atoms with Crippen molar-refractivity contribution in [3.05, 3.63) is 110 Å². The molecule has 0 aliphatic carbocycles. The van der Waals surface area contributed by atoms with E-state index in [1.54, 1.807) is 30.3 Å². The number of aliphatic hydroxyl groups is 1. The highest BCUT2D eigenvalue weighted by atomic mass is 32.2. The van der Waals surface area contributed by atoms with E-state index in [9.17, 15) is 24.6 Å². The molecule has 0 radical (unpaired) electrons. The summed E-state index contributed by atoms with van der Waals surface area (Å²) in [5.74, 6) is -0.554. The summed E-state index contributed by atoms with van der Waals surface area (Å²) in [4.78, 5) is 37.0. The van der Waals surface area contributed by atoms with Crippen molar-refractivity contribution in [3.8, 4) is 11.5 Å². The van der Waals surface area contributed by atoms with Crippen molar-refractivity contribution >= 4 is 45.8 Å². The second kappa shape index (κ2) is 15.6. The van der Waals surface area contributed by atoms with Crippen LogP contribution in [-0.2, 0) is 11.2 Å². The first-order valence-corrected chi connectivity index (χ1v) is 15.9. The lowest BCUT2D eigenvalue weighted by Crippen LogP contribution is -2.12. The maximum Gasteiger partial charge on any atom is 0.374 e. The highest BCUT2D eigenvalue weighted by Crippen LogP contribution is 2.36. The average molecular weight is 635 g/mol. The van der Waals surface area contributed by atoms with Crippen LogP contribution >= 0.6 is 23.1 Å². The third-order valence-electron chi connectivity index (χ3n) is 6.76. The Hall–Kier alpha value is -4.12. The number of phenolic OH excluding ortho intramolecular Hbond substituents is 1. The molecule has 4 rings (SSSR count). The zero-order valence-corrected chi connectivity index (χ0v) is 26.3. The van der Waals surface area contributed by atoms with Gasteiger partial charge in [-0.2, -0.15) is 11.3 Å². The second-order valence-electron chi connectivity index (χ2n) is 9.90. The van der Waals surface area contributed by atoms with Crippen molar-refractivity contribution in [1.29, 1.82) is 0 Å². The van der Waals surface area contributed by atoms with Crippen molar-refractivity contribution in [2.75, 3.05) is 13.7 Å². The number of fused-ring (bicyclic) bond motifs is 1. The second-order valence-corrected chi connectivity index (χ2v) is 11.9. The molecule has 44 heavy (non-hydrogen) atoms. The number of aromatic hydroxyl groups is 1. The van der Waals surface area contributed by atoms with E-state index in [1.165, 1.54) is 37.1 Å². The number of rotatable bonds is 14. The number of carbonyl (C=O) groups is 2. The fraction of sp³-hybridized carbons (Fsp3) is 0.265. The number of thiophene rings is 1. The van der Waals surface area contributed by atoms with Gasteiger partial charge in [-0.25, -0.2) is 4.79 Å². The zero-order chi connectivity index (χ0) is 31.6. The Morgan fingerprint density at radius 2 is 1.95 bits per heavy atom. The normalized spacial score (nSPS) is 13.0. The van der Waals surface area contributed by atoms with Gasteiger partial charge in [-0.05, 0) is 72.5 Å². The smallest absolute Gasteiger partial charge is 0.374 e. The van der Waals surface area contributed by atoms with Gasteiger partial charge < -0.3 is 24.1 Å². The molecule has 0 spiro atoms. The van der Waals surface area contributed by atoms with E-state index in [0.717, 1.165) is 22.9 Å². The van der Waals surface area contributed by atoms with Gasteiger partial charge in [-0.15, -0.1) is 11.8 Å². The average Bonchev–Trinajstić information content (AvgIpc) is 3.55. The van der Waals surface area contributed by atoms with E-state index in [1.807, 2.05) is 48.1 Å². The lowest BCUT2D eigenvalue weighted by Gasteiger charge is -2.19. The molecular formula is C34H34O8S2. The van der Waals surface area contributed by atoms with E-state index < -0.39 is 12.1 Å². The van der Waals surface area contributed by atoms with Crippen LogP contribution in [0.15, 0.2) is 91.6 Å². The van der Waals surface area contributed by atoms with Crippen molar-refractivity contribution in [3.63, 3.8) is 0 Å². The first-order valence-electron chi connectivity index (χ1n) is 14.1. The van der Waals surface area contributed by atoms with Crippen LogP contribution in [-0.4, -0.2) is 40.9 Å². The summed E-state index contributed by atoms with van der Waals surface area (Å²) >= 11 is 2.89. The van der Waals surface area contributed by atoms with Crippen LogP contribution in [0.4, 0.5) is 0 Å². The van der Waals surface area contributed by atoms with Crippen molar-refractivity contribution in [2.24, 2.45) is 0 Å². The molecule has 0 aliphatic rings. The standard InChI is InChI=1S/C34H34O8S2/c1-4-9-26-28(14-13-24(21(2)35)33(26)38)41-16-8-6-5-7-10-31(32(37)22-15-17-43-20-22)44-23-11-12-25-27(36)19-30(34(39)40-3)42-29(25)18-23/h5-7,10-15,17-20,31-32,37-38H,4,8-9,16H2,1-3H3/b6-5-,10-7+. The number of Topliss-reactive ketones (excluding diaryl/α,β-unsaturated/α-hetero) is 1. The molecule has 0 saturated heterocycles. The number of thioether (sulfide) groups is 1. The van der Waals surface area contributed by atoms with Gasteiger partial charge in [0.25, 0.3) is 0 Å². The Bertz CT molecular complexity index is 1720. The van der Waals surface area contributed by atoms with Crippen LogP contribution in [0.2, 0.25) is 0 Å². The molecule has 230 valence electrons. The minimum Gasteiger partial charge on any atom is -0.507 e. The molecule has 0 bridgehead atoms. The molecule has 2 atom stereocenters. The molecule has 8 nitrogen and oxygen atoms in total. The molecule has 4 aromatic rings. The number of ketones is 1. The van der Waals surface area contributed by atoms with Gasteiger partial charge in [0.1, 0.15) is 17.1 Å². The summed E-state index contributed by atoms with van der Waals surface area (Å²) in [7, 11) is 1.22. The molecule has 0 fully saturated rings. The van der Waals surface area contributed by atoms with Gasteiger partial charge in [0.2, 0.25) is 5.76 Å². The Balaban J connectivity index is 1.45. The molecule has 2 unspecified atom stereocenters. The molecular weight excluding hydrogens is 601 g/mol. The Morgan fingerprint density at radius 1 is 1.14 bits per heavy atom. The zero-order valence-electron chi connectivity index (χ0n) is 24.6. The first-order chi connectivity index (χ1) is 21.2. The third-order valence-corrected chi connectivity index (χ3v) is 8.68. The Kier molecular flexibility index (Phi) is 11.6. The van der Waals surface area contributed by atoms with Crippen LogP contribution in [0.5, 0.6) is 11.5 Å². The third kappa shape index (κ3) is 8.07. The first kappa shape index (κ1) is 32.8. The lowest BCUT2D eigenvalue weighted by molar-refractivity contribution is 0.0565. The fourth-order valence-corrected chi connectivity index (χ4v) is 6.30. The molecule has 0 amide bonds. The summed E-state index contributed by atoms with van der Waals surface area (Å²) in [6.07, 6.45) is 8.78. The predicted molar refractivity (Wildman–Crippen MR) is 173 cm³/mol. The summed E-state index contributed by atoms with van der Waals surface area (Å²) in [6.45, 7) is 3.80. The molecule has 2 heterocycles. The molecule has 10 heteroatoms. The number of ether oxygens (including phenoxy) is 2. The highest BCUT2D eigenvalue weighted by molar-refractivity contribution is 8.00. The molecule has 0 saturated carbocycles. The maximum atomic E-state index is 12.5. The van der Waals surface area contributed by atoms with Gasteiger partial charge in [0.05, 0.1) is 36.0 Å². The van der Waals surface area contributed by atoms with E-state index in [4.69, 9.17) is 9.15 Å². The van der Waals surface area contributed by atoms with Crippen LogP contribution in [0.1, 0.15) is 64.8 Å². The minimum atomic E-state index is -0.800. The summed E-state index contributed by atoms with van der Waals surface area (Å²) in [6, 6.07) is 11.4. The van der Waals surface area contributed by atoms with Crippen molar-refractivity contribution < 1.29 is 33.7 Å². The summed E-state index contributed by atoms with van der Waals surface area (Å²) in [5.41, 5.74) is 1.63. The number of aliphatic hydroxyl groups excluding tert-OH is 1. The van der Waals surface area contributed by atoms with Crippen LogP contribution in [0.3, 0.4) is 0 Å². The van der Waals surface area contributed by atoms with Crippen molar-refractivity contribution in [1.82, 2.24) is 0 Å². The summed E-state index contributed by atoms with van der Waals surface area (Å²) in [5, 5.41) is 25.5. The lowest BCUT2D eigenvalue weighted by atomic mass is 10.0. The SMILES string of the molecule is CCCc1c(OCC/C=C\C=C\C(Sc2ccc3c(=O)cc(C(=O)OC)oc3c2)C(O)c2ccsc2)ccc(C(C)=O)c1O. The van der Waals surface area contributed by atoms with E-state index in [0.29, 0.717) is 41.7 Å². The van der Waals surface area contributed by atoms with Crippen LogP contribution < -0.4 is 10.2 Å². The highest BCUT2D eigenvalue weighted by Gasteiger charge is 2.21. The maximum absolute atomic E-state index is 12.5. The number of methoxy groups -OCH3 is 1. The topological polar surface area (TPSA) is 123 Å². The number of carbonyl (C=O) groups excluding carboxylic acids is 2. The van der Waals surface area contributed by atoms with Gasteiger partial charge in [0, 0.05) is 16.5 Å². The molecule has 2 aromatic heterocycles. The predicted octanol–water partition coefficient (Wildman–Crippen LogP) is 7.28. The van der Waals surface area contributed by atoms with Gasteiger partial charge >= 0.3 is 5.97 Å².